The highest BCUT2D eigenvalue weighted by Gasteiger charge is 2.50. The van der Waals surface area contributed by atoms with E-state index in [1.807, 2.05) is 0 Å². The number of carbonyl (C=O) groups is 1. The minimum atomic E-state index is -0.809. The molecule has 0 saturated heterocycles. The first-order valence-electron chi connectivity index (χ1n) is 5.75. The molecule has 1 amide bonds. The fourth-order valence-corrected chi connectivity index (χ4v) is 2.55. The summed E-state index contributed by atoms with van der Waals surface area (Å²) < 4.78 is 10.5. The summed E-state index contributed by atoms with van der Waals surface area (Å²) in [5.74, 6) is 0.859. The highest BCUT2D eigenvalue weighted by molar-refractivity contribution is 5.83. The van der Waals surface area contributed by atoms with E-state index < -0.39 is 11.3 Å². The van der Waals surface area contributed by atoms with Crippen LogP contribution in [-0.4, -0.2) is 32.1 Å². The van der Waals surface area contributed by atoms with Gasteiger partial charge in [-0.1, -0.05) is 0 Å². The zero-order chi connectivity index (χ0) is 13.3. The van der Waals surface area contributed by atoms with E-state index in [1.54, 1.807) is 33.5 Å². The molecule has 2 rings (SSSR count). The molecule has 1 aliphatic carbocycles. The first kappa shape index (κ1) is 12.5. The van der Waals surface area contributed by atoms with Crippen molar-refractivity contribution in [2.45, 2.75) is 12.8 Å². The topological polar surface area (TPSA) is 62.6 Å². The van der Waals surface area contributed by atoms with Crippen LogP contribution in [0.4, 0.5) is 0 Å². The van der Waals surface area contributed by atoms with Crippen molar-refractivity contribution in [1.82, 2.24) is 4.90 Å². The third kappa shape index (κ3) is 1.65. The number of rotatable bonds is 2. The Bertz CT molecular complexity index is 475. The van der Waals surface area contributed by atoms with Gasteiger partial charge in [0.1, 0.15) is 11.5 Å². The summed E-state index contributed by atoms with van der Waals surface area (Å²) in [4.78, 5) is 13.7. The van der Waals surface area contributed by atoms with Crippen LogP contribution in [0.2, 0.25) is 0 Å². The van der Waals surface area contributed by atoms with Gasteiger partial charge in [0.2, 0.25) is 5.91 Å². The first-order chi connectivity index (χ1) is 8.57. The monoisotopic (exact) mass is 248 g/mol. The van der Waals surface area contributed by atoms with Gasteiger partial charge in [0.15, 0.2) is 0 Å². The van der Waals surface area contributed by atoms with Gasteiger partial charge in [0.25, 0.3) is 0 Å². The fourth-order valence-electron chi connectivity index (χ4n) is 2.55. The highest BCUT2D eigenvalue weighted by Crippen LogP contribution is 2.47. The minimum absolute atomic E-state index is 0.0521. The number of ether oxygens (including phenoxy) is 2. The molecule has 96 valence electrons. The van der Waals surface area contributed by atoms with E-state index in [2.05, 4.69) is 6.07 Å². The smallest absolute Gasteiger partial charge is 0.231 e. The second kappa shape index (κ2) is 4.37. The number of hydrogen-bond donors (Lipinski definition) is 0. The van der Waals surface area contributed by atoms with Crippen molar-refractivity contribution in [3.8, 4) is 6.07 Å². The number of methoxy groups -OCH3 is 2. The predicted octanol–water partition coefficient (Wildman–Crippen LogP) is 1.40. The van der Waals surface area contributed by atoms with Gasteiger partial charge in [-0.3, -0.25) is 4.79 Å². The number of fused-ring (bicyclic) bond motifs is 1. The second-order valence-electron chi connectivity index (χ2n) is 4.61. The molecule has 2 aliphatic rings. The summed E-state index contributed by atoms with van der Waals surface area (Å²) in [7, 11) is 4.81. The molecule has 1 aliphatic heterocycles. The van der Waals surface area contributed by atoms with Crippen molar-refractivity contribution >= 4 is 5.91 Å². The zero-order valence-corrected chi connectivity index (χ0v) is 10.8. The molecular formula is C13H16N2O3. The lowest BCUT2D eigenvalue weighted by molar-refractivity contribution is -0.136. The molecule has 0 aromatic heterocycles. The van der Waals surface area contributed by atoms with Gasteiger partial charge in [-0.05, 0) is 6.08 Å². The van der Waals surface area contributed by atoms with Crippen LogP contribution in [0.1, 0.15) is 12.8 Å². The Morgan fingerprint density at radius 2 is 2.11 bits per heavy atom. The Labute approximate surface area is 106 Å². The quantitative estimate of drug-likeness (QED) is 0.741. The molecule has 0 spiro atoms. The summed E-state index contributed by atoms with van der Waals surface area (Å²) in [6.45, 7) is 0. The lowest BCUT2D eigenvalue weighted by Crippen LogP contribution is -2.46. The average Bonchev–Trinajstić information content (AvgIpc) is 2.41. The van der Waals surface area contributed by atoms with Gasteiger partial charge in [-0.25, -0.2) is 0 Å². The van der Waals surface area contributed by atoms with Crippen LogP contribution in [0.5, 0.6) is 0 Å². The third-order valence-corrected chi connectivity index (χ3v) is 3.72. The molecule has 0 unspecified atom stereocenters. The van der Waals surface area contributed by atoms with Gasteiger partial charge in [0.05, 0.1) is 31.6 Å². The molecule has 5 nitrogen and oxygen atoms in total. The van der Waals surface area contributed by atoms with Crippen LogP contribution in [-0.2, 0) is 14.3 Å². The van der Waals surface area contributed by atoms with Crippen LogP contribution >= 0.6 is 0 Å². The van der Waals surface area contributed by atoms with Crippen LogP contribution in [0, 0.1) is 22.7 Å². The van der Waals surface area contributed by atoms with Crippen molar-refractivity contribution < 1.29 is 14.3 Å². The Morgan fingerprint density at radius 3 is 2.67 bits per heavy atom. The van der Waals surface area contributed by atoms with Crippen LogP contribution < -0.4 is 0 Å². The molecule has 0 radical (unpaired) electrons. The molecule has 0 bridgehead atoms. The molecule has 0 saturated carbocycles. The van der Waals surface area contributed by atoms with Gasteiger partial charge < -0.3 is 14.4 Å². The lowest BCUT2D eigenvalue weighted by Gasteiger charge is -2.40. The number of amides is 1. The van der Waals surface area contributed by atoms with Gasteiger partial charge in [-0.2, -0.15) is 5.26 Å². The molecule has 0 N–H and O–H groups in total. The number of carbonyl (C=O) groups excluding carboxylic acids is 1. The highest BCUT2D eigenvalue weighted by atomic mass is 16.5. The summed E-state index contributed by atoms with van der Waals surface area (Å²) in [6, 6.07) is 2.28. The van der Waals surface area contributed by atoms with E-state index in [1.165, 1.54) is 4.90 Å². The molecular weight excluding hydrogens is 232 g/mol. The Hall–Kier alpha value is -1.96. The molecule has 1 heterocycles. The summed E-state index contributed by atoms with van der Waals surface area (Å²) in [5, 5.41) is 9.46. The SMILES string of the molecule is COC1=C(OC)C[C@@]2(C#N)C=CN(C)C(=O)[C@H]2C1. The zero-order valence-electron chi connectivity index (χ0n) is 10.8. The standard InChI is InChI=1S/C13H16N2O3/c1-15-5-4-13(8-14)7-11(18-3)10(17-2)6-9(13)12(15)16/h4-5,9H,6-7H2,1-3H3/t9-,13-/m1/s1. The Morgan fingerprint density at radius 1 is 1.44 bits per heavy atom. The average molecular weight is 248 g/mol. The molecule has 0 fully saturated rings. The number of nitrogens with zero attached hydrogens (tertiary/aromatic N) is 2. The predicted molar refractivity (Wildman–Crippen MR) is 63.7 cm³/mol. The van der Waals surface area contributed by atoms with Crippen LogP contribution in [0.25, 0.3) is 0 Å². The lowest BCUT2D eigenvalue weighted by atomic mass is 9.66. The molecule has 2 atom stereocenters. The molecule has 0 aromatic carbocycles. The number of allylic oxidation sites excluding steroid dienone is 3. The summed E-state index contributed by atoms with van der Waals surface area (Å²) >= 11 is 0. The summed E-state index contributed by atoms with van der Waals surface area (Å²) in [5.41, 5.74) is -0.809. The van der Waals surface area contributed by atoms with Gasteiger partial charge in [0, 0.05) is 26.1 Å². The van der Waals surface area contributed by atoms with Crippen molar-refractivity contribution in [2.24, 2.45) is 11.3 Å². The first-order valence-corrected chi connectivity index (χ1v) is 5.75. The number of nitriles is 1. The van der Waals surface area contributed by atoms with Crippen molar-refractivity contribution in [3.63, 3.8) is 0 Å². The maximum Gasteiger partial charge on any atom is 0.231 e. The summed E-state index contributed by atoms with van der Waals surface area (Å²) in [6.07, 6.45) is 4.24. The number of hydrogen-bond acceptors (Lipinski definition) is 4. The largest absolute Gasteiger partial charge is 0.498 e. The van der Waals surface area contributed by atoms with Crippen molar-refractivity contribution in [1.29, 1.82) is 5.26 Å². The molecule has 5 heteroatoms. The van der Waals surface area contributed by atoms with Gasteiger partial charge in [-0.15, -0.1) is 0 Å². The maximum atomic E-state index is 12.2. The normalized spacial score (nSPS) is 30.9. The van der Waals surface area contributed by atoms with Crippen LogP contribution in [0.15, 0.2) is 23.8 Å². The van der Waals surface area contributed by atoms with E-state index in [4.69, 9.17) is 9.47 Å². The van der Waals surface area contributed by atoms with E-state index >= 15 is 0 Å². The van der Waals surface area contributed by atoms with E-state index in [9.17, 15) is 10.1 Å². The maximum absolute atomic E-state index is 12.2. The Balaban J connectivity index is 2.47. The van der Waals surface area contributed by atoms with Crippen LogP contribution in [0.3, 0.4) is 0 Å². The van der Waals surface area contributed by atoms with E-state index in [0.29, 0.717) is 24.4 Å². The van der Waals surface area contributed by atoms with E-state index in [0.717, 1.165) is 0 Å². The third-order valence-electron chi connectivity index (χ3n) is 3.72. The van der Waals surface area contributed by atoms with Crippen molar-refractivity contribution in [3.05, 3.63) is 23.8 Å². The molecule has 18 heavy (non-hydrogen) atoms. The second-order valence-corrected chi connectivity index (χ2v) is 4.61. The molecule has 0 aromatic rings. The fraction of sp³-hybridized carbons (Fsp3) is 0.538. The Kier molecular flexibility index (Phi) is 3.04. The van der Waals surface area contributed by atoms with Crippen molar-refractivity contribution in [2.75, 3.05) is 21.3 Å². The van der Waals surface area contributed by atoms with E-state index in [-0.39, 0.29) is 5.91 Å². The van der Waals surface area contributed by atoms with Gasteiger partial charge >= 0.3 is 0 Å². The minimum Gasteiger partial charge on any atom is -0.498 e.